The van der Waals surface area contributed by atoms with E-state index in [9.17, 15) is 4.79 Å². The third kappa shape index (κ3) is 12.2. The Hall–Kier alpha value is -6.88. The molecule has 0 radical (unpaired) electrons. The van der Waals surface area contributed by atoms with Gasteiger partial charge in [0.25, 0.3) is 0 Å². The highest BCUT2D eigenvalue weighted by molar-refractivity contribution is 14.1. The number of nitrogens with zero attached hydrogens (tertiary/aromatic N) is 8. The Morgan fingerprint density at radius 3 is 1.46 bits per heavy atom. The molecule has 5 heterocycles. The molecule has 2 unspecified atom stereocenters. The summed E-state index contributed by atoms with van der Waals surface area (Å²) >= 11 is 2.34. The standard InChI is InChI=1S/C72H89IN8O6/c1-19-45(20-2)44(17)63(43(15)16)87-53-33-25-30-50-58(53)71-77-65-49-29-24-32-52(85-61(39(7)8)40(9)10)57(49)67(75-65)79-69-55-47(36-83-72(82)46-26-21-22-27-46)34-35-54(86-62(41(11)12)42(13)14)59(55)70(80(69)18)76-64-48-28-23-31-51(84-60(37(3)4)38(5)6)56(48)66(74-64)78-68(50)81(71)73/h21-26,28-35,37-45,60-63H,19-20,27,36H2,1-18H3. The molecule has 2 aliphatic heterocycles. The van der Waals surface area contributed by atoms with Gasteiger partial charge in [-0.3, -0.25) is 0 Å². The number of hydrogen-bond donors (Lipinski definition) is 0. The number of rotatable bonds is 22. The van der Waals surface area contributed by atoms with Crippen molar-refractivity contribution in [1.29, 1.82) is 0 Å². The summed E-state index contributed by atoms with van der Waals surface area (Å²) in [5.41, 5.74) is 6.48. The molecule has 0 N–H and O–H groups in total. The highest BCUT2D eigenvalue weighted by atomic mass is 127. The van der Waals surface area contributed by atoms with Crippen LogP contribution in [0.25, 0.3) is 89.7 Å². The van der Waals surface area contributed by atoms with Crippen LogP contribution in [0.1, 0.15) is 143 Å². The first kappa shape index (κ1) is 63.1. The lowest BCUT2D eigenvalue weighted by Crippen LogP contribution is -2.34. The van der Waals surface area contributed by atoms with E-state index >= 15 is 0 Å². The van der Waals surface area contributed by atoms with Gasteiger partial charge in [-0.05, 0) is 83.9 Å². The van der Waals surface area contributed by atoms with Crippen molar-refractivity contribution in [3.8, 4) is 68.5 Å². The Bertz CT molecular complexity index is 3940. The van der Waals surface area contributed by atoms with Gasteiger partial charge in [-0.2, -0.15) is 0 Å². The monoisotopic (exact) mass is 1290 g/mol. The van der Waals surface area contributed by atoms with Crippen LogP contribution in [-0.4, -0.2) is 67.6 Å². The zero-order valence-corrected chi connectivity index (χ0v) is 56.5. The fraction of sp³-hybridized carbons (Fsp3) is 0.486. The van der Waals surface area contributed by atoms with E-state index < -0.39 is 0 Å². The molecule has 3 aromatic heterocycles. The fourth-order valence-electron chi connectivity index (χ4n) is 13.5. The van der Waals surface area contributed by atoms with E-state index in [-0.39, 0.29) is 84.3 Å². The molecule has 14 nitrogen and oxygen atoms in total. The second kappa shape index (κ2) is 26.1. The summed E-state index contributed by atoms with van der Waals surface area (Å²) in [4.78, 5) is 47.7. The minimum Gasteiger partial charge on any atom is -0.489 e. The van der Waals surface area contributed by atoms with Crippen molar-refractivity contribution in [2.75, 3.05) is 0 Å². The van der Waals surface area contributed by atoms with Crippen molar-refractivity contribution in [2.24, 2.45) is 60.3 Å². The van der Waals surface area contributed by atoms with Gasteiger partial charge in [0.05, 0.1) is 44.8 Å². The van der Waals surface area contributed by atoms with Crippen molar-refractivity contribution in [3.63, 3.8) is 0 Å². The molecule has 0 spiro atoms. The highest BCUT2D eigenvalue weighted by Crippen LogP contribution is 2.47. The summed E-state index contributed by atoms with van der Waals surface area (Å²) in [5.74, 6) is 5.97. The van der Waals surface area contributed by atoms with Crippen LogP contribution in [0.4, 0.5) is 0 Å². The highest BCUT2D eigenvalue weighted by Gasteiger charge is 2.34. The summed E-state index contributed by atoms with van der Waals surface area (Å²) < 4.78 is 39.2. The number of aryl methyl sites for hydroxylation is 1. The number of benzene rings is 4. The SMILES string of the molecule is CCC(CC)C(C)C(Oc1cccc2c1c1nc3nc(nc4c5c(COC(=O)C6=CC=CC6)ccc(OC(C(C)C)C(C)C)c5c(nc5nc(nc2n1I)-c1c(OC(C(C)C)C(C)C)cccc1-5)n4C)-c1c(OC(C(C)C)C(C)C)cccc1-3)C(C)C. The van der Waals surface area contributed by atoms with Crippen LogP contribution in [-0.2, 0) is 23.2 Å². The number of aromatic nitrogens is 8. The van der Waals surface area contributed by atoms with Crippen LogP contribution < -0.4 is 18.9 Å². The molecule has 3 aliphatic rings. The molecule has 0 saturated heterocycles. The van der Waals surface area contributed by atoms with E-state index in [0.717, 1.165) is 40.3 Å². The Kier molecular flexibility index (Phi) is 18.9. The molecule has 460 valence electrons. The van der Waals surface area contributed by atoms with Gasteiger partial charge in [-0.25, -0.2) is 37.5 Å². The quantitative estimate of drug-likeness (QED) is 0.0469. The number of halogens is 1. The normalized spacial score (nSPS) is 14.0. The van der Waals surface area contributed by atoms with E-state index in [4.69, 9.17) is 53.6 Å². The molecule has 87 heavy (non-hydrogen) atoms. The smallest absolute Gasteiger partial charge is 0.334 e. The summed E-state index contributed by atoms with van der Waals surface area (Å²) in [6, 6.07) is 22.3. The van der Waals surface area contributed by atoms with E-state index in [1.165, 1.54) is 0 Å². The van der Waals surface area contributed by atoms with E-state index in [1.807, 2.05) is 81.2 Å². The lowest BCUT2D eigenvalue weighted by molar-refractivity contribution is -0.140. The molecule has 8 bridgehead atoms. The van der Waals surface area contributed by atoms with Crippen LogP contribution in [0.5, 0.6) is 23.0 Å². The van der Waals surface area contributed by atoms with Crippen LogP contribution in [0.15, 0.2) is 90.5 Å². The molecule has 0 fully saturated rings. The molecule has 1 aliphatic carbocycles. The van der Waals surface area contributed by atoms with Gasteiger partial charge in [0.1, 0.15) is 65.3 Å². The fourth-order valence-corrected chi connectivity index (χ4v) is 14.2. The zero-order valence-electron chi connectivity index (χ0n) is 54.3. The average Bonchev–Trinajstić information content (AvgIpc) is 2.13. The molecule has 0 amide bonds. The number of allylic oxidation sites excluding steroid dienone is 3. The molecule has 15 heteroatoms. The van der Waals surface area contributed by atoms with Crippen molar-refractivity contribution in [2.45, 2.75) is 168 Å². The van der Waals surface area contributed by atoms with Gasteiger partial charge in [0.2, 0.25) is 0 Å². The first-order valence-electron chi connectivity index (χ1n) is 31.8. The third-order valence-corrected chi connectivity index (χ3v) is 18.7. The largest absolute Gasteiger partial charge is 0.489 e. The third-order valence-electron chi connectivity index (χ3n) is 17.8. The summed E-state index contributed by atoms with van der Waals surface area (Å²) in [7, 11) is 1.96. The summed E-state index contributed by atoms with van der Waals surface area (Å²) in [6.07, 6.45) is 7.73. The van der Waals surface area contributed by atoms with Gasteiger partial charge < -0.3 is 28.3 Å². The maximum Gasteiger partial charge on any atom is 0.334 e. The molecule has 7 aromatic rings. The first-order chi connectivity index (χ1) is 41.5. The average molecular weight is 1290 g/mol. The van der Waals surface area contributed by atoms with Gasteiger partial charge in [0.15, 0.2) is 34.6 Å². The number of ether oxygens (including phenoxy) is 5. The Balaban J connectivity index is 1.40. The van der Waals surface area contributed by atoms with Gasteiger partial charge in [-0.1, -0.05) is 191 Å². The lowest BCUT2D eigenvalue weighted by Gasteiger charge is -2.33. The minimum atomic E-state index is -0.386. The number of hydrogen-bond acceptors (Lipinski definition) is 12. The van der Waals surface area contributed by atoms with E-state index in [2.05, 4.69) is 159 Å². The Morgan fingerprint density at radius 1 is 0.506 bits per heavy atom. The van der Waals surface area contributed by atoms with Crippen LogP contribution in [0.2, 0.25) is 0 Å². The number of esters is 1. The maximum atomic E-state index is 13.8. The van der Waals surface area contributed by atoms with Gasteiger partial charge in [-0.15, -0.1) is 0 Å². The van der Waals surface area contributed by atoms with Crippen LogP contribution in [0, 0.1) is 53.3 Å². The topological polar surface area (TPSA) is 150 Å². The summed E-state index contributed by atoms with van der Waals surface area (Å²) in [6.45, 7) is 37.6. The van der Waals surface area contributed by atoms with Crippen LogP contribution in [0.3, 0.4) is 0 Å². The molecular weight excluding hydrogens is 1200 g/mol. The predicted octanol–water partition coefficient (Wildman–Crippen LogP) is 18.1. The number of fused-ring (bicyclic) bond motifs is 20. The molecule has 4 aromatic carbocycles. The van der Waals surface area contributed by atoms with Crippen molar-refractivity contribution in [1.82, 2.24) is 37.3 Å². The number of carbonyl (C=O) groups excluding carboxylic acids is 1. The van der Waals surface area contributed by atoms with Gasteiger partial charge >= 0.3 is 5.97 Å². The number of carbonyl (C=O) groups is 1. The minimum absolute atomic E-state index is 0.0559. The molecular formula is C72H89IN8O6. The van der Waals surface area contributed by atoms with Gasteiger partial charge in [0, 0.05) is 40.1 Å². The van der Waals surface area contributed by atoms with Crippen molar-refractivity contribution in [3.05, 3.63) is 96.1 Å². The second-order valence-corrected chi connectivity index (χ2v) is 27.4. The summed E-state index contributed by atoms with van der Waals surface area (Å²) in [5, 5.41) is 3.00. The first-order valence-corrected chi connectivity index (χ1v) is 32.7. The lowest BCUT2D eigenvalue weighted by atomic mass is 9.81. The molecule has 2 atom stereocenters. The van der Waals surface area contributed by atoms with Crippen molar-refractivity contribution < 1.29 is 28.5 Å². The Morgan fingerprint density at radius 2 is 0.954 bits per heavy atom. The van der Waals surface area contributed by atoms with Crippen LogP contribution >= 0.6 is 22.9 Å². The van der Waals surface area contributed by atoms with E-state index in [0.29, 0.717) is 109 Å². The predicted molar refractivity (Wildman–Crippen MR) is 360 cm³/mol. The zero-order chi connectivity index (χ0) is 62.4. The maximum absolute atomic E-state index is 13.8. The second-order valence-electron chi connectivity index (χ2n) is 26.5. The van der Waals surface area contributed by atoms with E-state index in [1.54, 1.807) is 0 Å². The molecule has 10 rings (SSSR count). The van der Waals surface area contributed by atoms with Crippen molar-refractivity contribution >= 4 is 73.0 Å². The Labute approximate surface area is 528 Å². The molecule has 0 saturated carbocycles.